The number of benzene rings is 1. The quantitative estimate of drug-likeness (QED) is 0.659. The van der Waals surface area contributed by atoms with Gasteiger partial charge in [-0.3, -0.25) is 14.5 Å². The van der Waals surface area contributed by atoms with Crippen LogP contribution >= 0.6 is 0 Å². The fourth-order valence-corrected chi connectivity index (χ4v) is 1.66. The molecule has 1 saturated heterocycles. The largest absolute Gasteiger partial charge is 0.274 e. The van der Waals surface area contributed by atoms with Crippen LogP contribution in [0.1, 0.15) is 19.3 Å². The lowest BCUT2D eigenvalue weighted by Crippen LogP contribution is -2.40. The summed E-state index contributed by atoms with van der Waals surface area (Å²) in [6, 6.07) is 5.52. The van der Waals surface area contributed by atoms with Gasteiger partial charge in [0.1, 0.15) is 5.82 Å². The Morgan fingerprint density at radius 3 is 2.40 bits per heavy atom. The van der Waals surface area contributed by atoms with E-state index in [4.69, 9.17) is 0 Å². The number of imide groups is 1. The van der Waals surface area contributed by atoms with Crippen LogP contribution in [-0.4, -0.2) is 11.8 Å². The number of carbonyl (C=O) groups is 2. The molecule has 0 aliphatic carbocycles. The molecular weight excluding hydrogens is 197 g/mol. The van der Waals surface area contributed by atoms with E-state index in [0.29, 0.717) is 24.9 Å². The summed E-state index contributed by atoms with van der Waals surface area (Å²) in [5.41, 5.74) is 0.324. The van der Waals surface area contributed by atoms with Crippen molar-refractivity contribution >= 4 is 17.5 Å². The standard InChI is InChI=1S/C11H10FNO2/c12-8-3-1-4-9(7-8)13-10(14)5-2-6-11(13)15/h1,3-4,7H,2,5-6H2. The van der Waals surface area contributed by atoms with Crippen molar-refractivity contribution < 1.29 is 14.0 Å². The van der Waals surface area contributed by atoms with Crippen molar-refractivity contribution in [2.75, 3.05) is 4.90 Å². The Morgan fingerprint density at radius 2 is 1.80 bits per heavy atom. The highest BCUT2D eigenvalue weighted by atomic mass is 19.1. The van der Waals surface area contributed by atoms with Gasteiger partial charge in [0.25, 0.3) is 0 Å². The summed E-state index contributed by atoms with van der Waals surface area (Å²) in [7, 11) is 0. The molecule has 2 amide bonds. The number of hydrogen-bond acceptors (Lipinski definition) is 2. The summed E-state index contributed by atoms with van der Waals surface area (Å²) in [5.74, 6) is -0.952. The van der Waals surface area contributed by atoms with Gasteiger partial charge >= 0.3 is 0 Å². The molecule has 0 spiro atoms. The Morgan fingerprint density at radius 1 is 1.13 bits per heavy atom. The van der Waals surface area contributed by atoms with Crippen LogP contribution in [0, 0.1) is 5.82 Å². The van der Waals surface area contributed by atoms with Gasteiger partial charge in [0.15, 0.2) is 0 Å². The van der Waals surface area contributed by atoms with Gasteiger partial charge in [-0.2, -0.15) is 0 Å². The van der Waals surface area contributed by atoms with Gasteiger partial charge in [0.2, 0.25) is 11.8 Å². The van der Waals surface area contributed by atoms with E-state index in [1.165, 1.54) is 18.2 Å². The first-order valence-corrected chi connectivity index (χ1v) is 4.80. The fraction of sp³-hybridized carbons (Fsp3) is 0.273. The summed E-state index contributed by atoms with van der Waals surface area (Å²) >= 11 is 0. The average Bonchev–Trinajstić information content (AvgIpc) is 2.17. The van der Waals surface area contributed by atoms with E-state index >= 15 is 0 Å². The molecule has 0 bridgehead atoms. The van der Waals surface area contributed by atoms with E-state index < -0.39 is 5.82 Å². The maximum Gasteiger partial charge on any atom is 0.233 e. The molecule has 0 radical (unpaired) electrons. The predicted molar refractivity (Wildman–Crippen MR) is 52.7 cm³/mol. The summed E-state index contributed by atoms with van der Waals surface area (Å²) in [5, 5.41) is 0. The van der Waals surface area contributed by atoms with Crippen LogP contribution in [0.2, 0.25) is 0 Å². The molecule has 0 N–H and O–H groups in total. The Labute approximate surface area is 86.5 Å². The van der Waals surface area contributed by atoms with E-state index in [-0.39, 0.29) is 11.8 Å². The number of carbonyl (C=O) groups excluding carboxylic acids is 2. The third kappa shape index (κ3) is 1.88. The lowest BCUT2D eigenvalue weighted by molar-refractivity contribution is -0.129. The molecule has 1 heterocycles. The zero-order chi connectivity index (χ0) is 10.8. The zero-order valence-corrected chi connectivity index (χ0v) is 8.07. The van der Waals surface area contributed by atoms with Crippen molar-refractivity contribution in [2.45, 2.75) is 19.3 Å². The molecule has 1 fully saturated rings. The highest BCUT2D eigenvalue weighted by molar-refractivity contribution is 6.16. The monoisotopic (exact) mass is 207 g/mol. The Balaban J connectivity index is 2.35. The Hall–Kier alpha value is -1.71. The minimum absolute atomic E-state index is 0.253. The second-order valence-corrected chi connectivity index (χ2v) is 3.46. The number of halogens is 1. The summed E-state index contributed by atoms with van der Waals surface area (Å²) < 4.78 is 12.9. The third-order valence-electron chi connectivity index (χ3n) is 2.35. The second kappa shape index (κ2) is 3.81. The summed E-state index contributed by atoms with van der Waals surface area (Å²) in [6.07, 6.45) is 1.29. The molecule has 78 valence electrons. The van der Waals surface area contributed by atoms with Gasteiger partial charge in [-0.25, -0.2) is 4.39 Å². The zero-order valence-electron chi connectivity index (χ0n) is 8.07. The van der Waals surface area contributed by atoms with E-state index in [1.54, 1.807) is 6.07 Å². The molecular formula is C11H10FNO2. The molecule has 0 unspecified atom stereocenters. The van der Waals surface area contributed by atoms with Crippen molar-refractivity contribution in [3.8, 4) is 0 Å². The molecule has 0 atom stereocenters. The van der Waals surface area contributed by atoms with Crippen LogP contribution < -0.4 is 4.90 Å². The Bertz CT molecular complexity index is 401. The topological polar surface area (TPSA) is 37.4 Å². The minimum Gasteiger partial charge on any atom is -0.274 e. The van der Waals surface area contributed by atoms with Crippen molar-refractivity contribution in [3.05, 3.63) is 30.1 Å². The lowest BCUT2D eigenvalue weighted by Gasteiger charge is -2.24. The Kier molecular flexibility index (Phi) is 2.49. The van der Waals surface area contributed by atoms with Crippen molar-refractivity contribution in [1.29, 1.82) is 0 Å². The van der Waals surface area contributed by atoms with Gasteiger partial charge in [-0.15, -0.1) is 0 Å². The van der Waals surface area contributed by atoms with Crippen molar-refractivity contribution in [2.24, 2.45) is 0 Å². The lowest BCUT2D eigenvalue weighted by atomic mass is 10.1. The van der Waals surface area contributed by atoms with Crippen LogP contribution in [0.15, 0.2) is 24.3 Å². The third-order valence-corrected chi connectivity index (χ3v) is 2.35. The van der Waals surface area contributed by atoms with Gasteiger partial charge in [0.05, 0.1) is 5.69 Å². The number of hydrogen-bond donors (Lipinski definition) is 0. The molecule has 0 saturated carbocycles. The summed E-state index contributed by atoms with van der Waals surface area (Å²) in [4.78, 5) is 24.1. The fourth-order valence-electron chi connectivity index (χ4n) is 1.66. The first-order valence-electron chi connectivity index (χ1n) is 4.80. The number of amides is 2. The van der Waals surface area contributed by atoms with Gasteiger partial charge in [0, 0.05) is 12.8 Å². The minimum atomic E-state index is -0.446. The number of nitrogens with zero attached hydrogens (tertiary/aromatic N) is 1. The molecule has 15 heavy (non-hydrogen) atoms. The average molecular weight is 207 g/mol. The molecule has 3 nitrogen and oxygen atoms in total. The van der Waals surface area contributed by atoms with E-state index in [2.05, 4.69) is 0 Å². The normalized spacial score (nSPS) is 17.0. The highest BCUT2D eigenvalue weighted by Crippen LogP contribution is 2.22. The van der Waals surface area contributed by atoms with Crippen LogP contribution in [0.25, 0.3) is 0 Å². The van der Waals surface area contributed by atoms with E-state index in [9.17, 15) is 14.0 Å². The molecule has 4 heteroatoms. The number of piperidine rings is 1. The van der Waals surface area contributed by atoms with Crippen LogP contribution in [-0.2, 0) is 9.59 Å². The van der Waals surface area contributed by atoms with Crippen LogP contribution in [0.3, 0.4) is 0 Å². The highest BCUT2D eigenvalue weighted by Gasteiger charge is 2.27. The smallest absolute Gasteiger partial charge is 0.233 e. The van der Waals surface area contributed by atoms with Gasteiger partial charge in [-0.1, -0.05) is 6.07 Å². The SMILES string of the molecule is O=C1CCCC(=O)N1c1cccc(F)c1. The molecule has 0 aromatic heterocycles. The van der Waals surface area contributed by atoms with E-state index in [0.717, 1.165) is 4.90 Å². The van der Waals surface area contributed by atoms with Crippen LogP contribution in [0.4, 0.5) is 10.1 Å². The maximum atomic E-state index is 12.9. The maximum absolute atomic E-state index is 12.9. The second-order valence-electron chi connectivity index (χ2n) is 3.46. The first kappa shape index (κ1) is 9.83. The van der Waals surface area contributed by atoms with Crippen molar-refractivity contribution in [3.63, 3.8) is 0 Å². The molecule has 1 aromatic rings. The predicted octanol–water partition coefficient (Wildman–Crippen LogP) is 1.87. The summed E-state index contributed by atoms with van der Waals surface area (Å²) in [6.45, 7) is 0. The molecule has 1 aromatic carbocycles. The number of rotatable bonds is 1. The van der Waals surface area contributed by atoms with Crippen LogP contribution in [0.5, 0.6) is 0 Å². The van der Waals surface area contributed by atoms with E-state index in [1.807, 2.05) is 0 Å². The molecule has 1 aliphatic rings. The van der Waals surface area contributed by atoms with Gasteiger partial charge < -0.3 is 0 Å². The molecule has 1 aliphatic heterocycles. The number of anilines is 1. The van der Waals surface area contributed by atoms with Crippen molar-refractivity contribution in [1.82, 2.24) is 0 Å². The molecule has 2 rings (SSSR count). The first-order chi connectivity index (χ1) is 7.18. The van der Waals surface area contributed by atoms with Gasteiger partial charge in [-0.05, 0) is 24.6 Å².